The van der Waals surface area contributed by atoms with Gasteiger partial charge in [-0.05, 0) is 67.4 Å². The summed E-state index contributed by atoms with van der Waals surface area (Å²) in [7, 11) is -0.995. The second-order valence-corrected chi connectivity index (χ2v) is 14.9. The van der Waals surface area contributed by atoms with E-state index in [9.17, 15) is 0 Å². The van der Waals surface area contributed by atoms with Gasteiger partial charge in [-0.25, -0.2) is 4.57 Å². The zero-order chi connectivity index (χ0) is 34.4. The number of pyridine rings is 1. The van der Waals surface area contributed by atoms with Crippen molar-refractivity contribution in [2.75, 3.05) is 0 Å². The molecule has 3 heteroatoms. The molecule has 0 radical (unpaired) electrons. The number of aromatic nitrogens is 1. The van der Waals surface area contributed by atoms with E-state index >= 15 is 0 Å². The normalized spacial score (nSPS) is 18.3. The van der Waals surface area contributed by atoms with Gasteiger partial charge < -0.3 is 4.42 Å². The minimum atomic E-state index is -2.90. The van der Waals surface area contributed by atoms with Crippen molar-refractivity contribution in [3.8, 4) is 22.4 Å². The van der Waals surface area contributed by atoms with E-state index in [0.717, 1.165) is 16.3 Å². The van der Waals surface area contributed by atoms with E-state index in [4.69, 9.17) is 19.5 Å². The number of furan rings is 1. The summed E-state index contributed by atoms with van der Waals surface area (Å²) < 4.78 is 102. The summed E-state index contributed by atoms with van der Waals surface area (Å²) in [4.78, 5) is 0. The summed E-state index contributed by atoms with van der Waals surface area (Å²) in [6, 6.07) is 15.4. The van der Waals surface area contributed by atoms with E-state index in [2.05, 4.69) is 0 Å². The number of hydrogen-bond donors (Lipinski definition) is 0. The lowest BCUT2D eigenvalue weighted by molar-refractivity contribution is -0.660. The highest BCUT2D eigenvalue weighted by molar-refractivity contribution is 6.75. The molecular formula is C32H36NOSi+. The lowest BCUT2D eigenvalue weighted by Crippen LogP contribution is -2.31. The molecule has 5 rings (SSSR count). The molecule has 0 N–H and O–H groups in total. The van der Waals surface area contributed by atoms with E-state index < -0.39 is 45.8 Å². The van der Waals surface area contributed by atoms with Gasteiger partial charge in [-0.2, -0.15) is 0 Å². The topological polar surface area (TPSA) is 17.0 Å². The van der Waals surface area contributed by atoms with Crippen LogP contribution in [0.5, 0.6) is 0 Å². The molecule has 2 aromatic heterocycles. The molecule has 0 aliphatic heterocycles. The van der Waals surface area contributed by atoms with Gasteiger partial charge >= 0.3 is 0 Å². The Hall–Kier alpha value is -3.17. The lowest BCUT2D eigenvalue weighted by Gasteiger charge is -2.19. The van der Waals surface area contributed by atoms with Gasteiger partial charge in [-0.3, -0.25) is 0 Å². The van der Waals surface area contributed by atoms with Crippen LogP contribution in [-0.4, -0.2) is 8.07 Å². The summed E-state index contributed by atoms with van der Waals surface area (Å²) in [6.07, 6.45) is 1.39. The van der Waals surface area contributed by atoms with Crippen LogP contribution in [0.15, 0.2) is 65.2 Å². The van der Waals surface area contributed by atoms with Gasteiger partial charge in [-0.1, -0.05) is 67.7 Å². The molecule has 0 saturated carbocycles. The second-order valence-electron chi connectivity index (χ2n) is 10.2. The molecule has 2 nitrogen and oxygen atoms in total. The summed E-state index contributed by atoms with van der Waals surface area (Å²) in [6.45, 7) is -1.34. The van der Waals surface area contributed by atoms with Crippen molar-refractivity contribution < 1.29 is 24.1 Å². The SMILES string of the molecule is [2H]C([2H])([2H])c1c[n+](C)c(-c2c(C)ccc3c2oc2ccccc23)cc1-c1c(C([2H])([2H])[2H])cc(C([2H])([2H])[Si](C)(C)C)cc1C([2H])([2H])[2H]. The Morgan fingerprint density at radius 2 is 1.57 bits per heavy atom. The van der Waals surface area contributed by atoms with Gasteiger partial charge in [-0.15, -0.1) is 0 Å². The molecule has 0 amide bonds. The number of nitrogens with zero attached hydrogens (tertiary/aromatic N) is 1. The van der Waals surface area contributed by atoms with Crippen molar-refractivity contribution in [2.24, 2.45) is 7.05 Å². The average Bonchev–Trinajstić information content (AvgIpc) is 3.29. The van der Waals surface area contributed by atoms with E-state index in [-0.39, 0.29) is 22.3 Å². The zero-order valence-electron chi connectivity index (χ0n) is 31.6. The minimum absolute atomic E-state index is 0.0484. The molecule has 35 heavy (non-hydrogen) atoms. The average molecular weight is 490 g/mol. The van der Waals surface area contributed by atoms with Gasteiger partial charge in [0.1, 0.15) is 18.2 Å². The van der Waals surface area contributed by atoms with Crippen molar-refractivity contribution in [2.45, 2.75) is 53.1 Å². The van der Waals surface area contributed by atoms with Crippen LogP contribution in [-0.2, 0) is 13.0 Å². The van der Waals surface area contributed by atoms with E-state index in [0.29, 0.717) is 22.4 Å². The third kappa shape index (κ3) is 4.23. The van der Waals surface area contributed by atoms with E-state index in [1.807, 2.05) is 43.3 Å². The Balaban J connectivity index is 1.97. The molecule has 5 aromatic rings. The van der Waals surface area contributed by atoms with Crippen LogP contribution in [0.2, 0.25) is 19.6 Å². The zero-order valence-corrected chi connectivity index (χ0v) is 21.6. The van der Waals surface area contributed by atoms with Crippen molar-refractivity contribution in [1.82, 2.24) is 0 Å². The molecule has 0 saturated heterocycles. The molecular weight excluding hydrogens is 442 g/mol. The minimum Gasteiger partial charge on any atom is -0.455 e. The predicted octanol–water partition coefficient (Wildman–Crippen LogP) is 8.40. The maximum absolute atomic E-state index is 8.92. The summed E-state index contributed by atoms with van der Waals surface area (Å²) >= 11 is 0. The Morgan fingerprint density at radius 3 is 2.26 bits per heavy atom. The quantitative estimate of drug-likeness (QED) is 0.183. The number of para-hydroxylation sites is 1. The molecule has 0 bridgehead atoms. The first-order chi connectivity index (χ1) is 20.9. The molecule has 3 aromatic carbocycles. The van der Waals surface area contributed by atoms with Gasteiger partial charge in [0, 0.05) is 45.6 Å². The summed E-state index contributed by atoms with van der Waals surface area (Å²) in [5, 5.41) is 1.73. The Kier molecular flexibility index (Phi) is 3.35. The molecule has 0 aliphatic rings. The maximum atomic E-state index is 8.92. The summed E-state index contributed by atoms with van der Waals surface area (Å²) in [5.74, 6) is -1.99. The fourth-order valence-electron chi connectivity index (χ4n) is 4.75. The smallest absolute Gasteiger partial charge is 0.216 e. The number of rotatable bonds is 4. The Labute approximate surface area is 225 Å². The van der Waals surface area contributed by atoms with Gasteiger partial charge in [0.05, 0.1) is 5.56 Å². The predicted molar refractivity (Wildman–Crippen MR) is 152 cm³/mol. The third-order valence-corrected chi connectivity index (χ3v) is 7.25. The van der Waals surface area contributed by atoms with Crippen LogP contribution in [0.3, 0.4) is 0 Å². The lowest BCUT2D eigenvalue weighted by atomic mass is 9.90. The standard InChI is InChI=1S/C32H36NOSi/c1-20-13-14-26-25-11-9-10-12-29(25)34-32(26)31(20)28-17-27(23(4)18-33(28)5)30-21(2)15-24(16-22(30)3)19-35(6,7)8/h9-18H,19H2,1-8H3/q+1/i2D3,3D3,4D3,19D2. The number of hydrogen-bond acceptors (Lipinski definition) is 1. The van der Waals surface area contributed by atoms with Crippen LogP contribution in [0.1, 0.15) is 42.9 Å². The number of benzene rings is 3. The summed E-state index contributed by atoms with van der Waals surface area (Å²) in [5.41, 5.74) is 1.72. The highest BCUT2D eigenvalue weighted by Gasteiger charge is 2.24. The first-order valence-corrected chi connectivity index (χ1v) is 15.1. The van der Waals surface area contributed by atoms with Gasteiger partial charge in [0.25, 0.3) is 0 Å². The first-order valence-electron chi connectivity index (χ1n) is 17.1. The molecule has 2 heterocycles. The highest BCUT2D eigenvalue weighted by atomic mass is 28.3. The van der Waals surface area contributed by atoms with Crippen LogP contribution in [0, 0.1) is 27.5 Å². The molecule has 178 valence electrons. The van der Waals surface area contributed by atoms with Gasteiger partial charge in [0.2, 0.25) is 5.69 Å². The molecule has 0 unspecified atom stereocenters. The maximum Gasteiger partial charge on any atom is 0.216 e. The van der Waals surface area contributed by atoms with Crippen LogP contribution in [0.4, 0.5) is 0 Å². The largest absolute Gasteiger partial charge is 0.455 e. The van der Waals surface area contributed by atoms with E-state index in [1.165, 1.54) is 24.4 Å². The molecule has 0 spiro atoms. The molecule has 0 atom stereocenters. The third-order valence-electron chi connectivity index (χ3n) is 6.21. The fourth-order valence-corrected chi connectivity index (χ4v) is 5.76. The Bertz CT molecular complexity index is 1960. The monoisotopic (exact) mass is 489 g/mol. The Morgan fingerprint density at radius 1 is 0.857 bits per heavy atom. The van der Waals surface area contributed by atoms with Crippen molar-refractivity contribution in [1.29, 1.82) is 0 Å². The van der Waals surface area contributed by atoms with Crippen molar-refractivity contribution in [3.63, 3.8) is 0 Å². The van der Waals surface area contributed by atoms with Crippen molar-refractivity contribution in [3.05, 3.63) is 88.6 Å². The van der Waals surface area contributed by atoms with Crippen LogP contribution in [0.25, 0.3) is 44.3 Å². The first kappa shape index (κ1) is 13.8. The second kappa shape index (κ2) is 8.49. The number of aryl methyl sites for hydroxylation is 5. The highest BCUT2D eigenvalue weighted by Crippen LogP contribution is 2.39. The van der Waals surface area contributed by atoms with Crippen LogP contribution < -0.4 is 4.57 Å². The molecule has 0 fully saturated rings. The fraction of sp³-hybridized carbons (Fsp3) is 0.281. The van der Waals surface area contributed by atoms with Crippen LogP contribution >= 0.6 is 0 Å². The van der Waals surface area contributed by atoms with E-state index in [1.54, 1.807) is 31.3 Å². The molecule has 0 aliphatic carbocycles. The number of fused-ring (bicyclic) bond motifs is 3. The van der Waals surface area contributed by atoms with Gasteiger partial charge in [0.15, 0.2) is 6.20 Å². The van der Waals surface area contributed by atoms with Crippen molar-refractivity contribution >= 4 is 30.0 Å².